The molecule has 6 heteroatoms. The van der Waals surface area contributed by atoms with Gasteiger partial charge in [-0.3, -0.25) is 4.79 Å². The van der Waals surface area contributed by atoms with E-state index in [9.17, 15) is 13.2 Å². The number of carbonyl (C=O) groups excluding carboxylic acids is 1. The summed E-state index contributed by atoms with van der Waals surface area (Å²) >= 11 is 0. The summed E-state index contributed by atoms with van der Waals surface area (Å²) in [6.45, 7) is 2.14. The molecule has 132 valence electrons. The van der Waals surface area contributed by atoms with Gasteiger partial charge >= 0.3 is 0 Å². The van der Waals surface area contributed by atoms with E-state index in [1.165, 1.54) is 12.8 Å². The molecule has 1 aliphatic heterocycles. The average Bonchev–Trinajstić information content (AvgIpc) is 3.16. The number of carbonyl (C=O) groups is 1. The lowest BCUT2D eigenvalue weighted by molar-refractivity contribution is -0.115. The van der Waals surface area contributed by atoms with Gasteiger partial charge in [0.2, 0.25) is 5.91 Å². The lowest BCUT2D eigenvalue weighted by Crippen LogP contribution is -2.18. The first-order valence-electron chi connectivity index (χ1n) is 8.47. The topological polar surface area (TPSA) is 66.5 Å². The Labute approximate surface area is 148 Å². The molecule has 2 aromatic carbocycles. The summed E-state index contributed by atoms with van der Waals surface area (Å²) in [7, 11) is -3.43. The highest BCUT2D eigenvalue weighted by atomic mass is 32.2. The van der Waals surface area contributed by atoms with Crippen LogP contribution in [-0.4, -0.2) is 33.2 Å². The Morgan fingerprint density at radius 3 is 2.24 bits per heavy atom. The summed E-state index contributed by atoms with van der Waals surface area (Å²) in [5.41, 5.74) is 1.84. The molecule has 0 saturated carbocycles. The Hall–Kier alpha value is -2.34. The van der Waals surface area contributed by atoms with Gasteiger partial charge in [0.05, 0.1) is 10.6 Å². The minimum atomic E-state index is -3.43. The Morgan fingerprint density at radius 1 is 0.960 bits per heavy atom. The molecule has 0 bridgehead atoms. The van der Waals surface area contributed by atoms with Crippen molar-refractivity contribution in [3.05, 3.63) is 54.6 Å². The van der Waals surface area contributed by atoms with Gasteiger partial charge in [-0.15, -0.1) is 0 Å². The van der Waals surface area contributed by atoms with E-state index in [1.54, 1.807) is 30.3 Å². The number of amides is 1. The summed E-state index contributed by atoms with van der Waals surface area (Å²) in [5.74, 6) is -0.497. The van der Waals surface area contributed by atoms with Crippen LogP contribution in [0, 0.1) is 0 Å². The molecule has 0 radical (unpaired) electrons. The van der Waals surface area contributed by atoms with Crippen molar-refractivity contribution in [2.24, 2.45) is 0 Å². The van der Waals surface area contributed by atoms with Gasteiger partial charge in [-0.25, -0.2) is 8.42 Å². The van der Waals surface area contributed by atoms with Crippen LogP contribution in [0.1, 0.15) is 19.3 Å². The second-order valence-corrected chi connectivity index (χ2v) is 8.28. The maximum Gasteiger partial charge on any atom is 0.225 e. The van der Waals surface area contributed by atoms with Crippen LogP contribution in [0.2, 0.25) is 0 Å². The predicted molar refractivity (Wildman–Crippen MR) is 99.6 cm³/mol. The fraction of sp³-hybridized carbons (Fsp3) is 0.316. The van der Waals surface area contributed by atoms with Crippen LogP contribution in [0.3, 0.4) is 0 Å². The lowest BCUT2D eigenvalue weighted by atomic mass is 10.2. The summed E-state index contributed by atoms with van der Waals surface area (Å²) in [6, 6.07) is 15.9. The standard InChI is InChI=1S/C19H22N2O3S/c22-19(12-15-25(23,24)18-6-2-1-3-7-18)20-16-8-10-17(11-9-16)21-13-4-5-14-21/h1-3,6-11H,4-5,12-15H2,(H,20,22). The zero-order chi connectivity index (χ0) is 17.7. The summed E-state index contributed by atoms with van der Waals surface area (Å²) in [6.07, 6.45) is 2.37. The van der Waals surface area contributed by atoms with Crippen molar-refractivity contribution in [1.29, 1.82) is 0 Å². The van der Waals surface area contributed by atoms with E-state index >= 15 is 0 Å². The molecule has 25 heavy (non-hydrogen) atoms. The molecule has 1 fully saturated rings. The number of hydrogen-bond donors (Lipinski definition) is 1. The van der Waals surface area contributed by atoms with Crippen molar-refractivity contribution < 1.29 is 13.2 Å². The second kappa shape index (κ2) is 7.70. The molecule has 1 heterocycles. The first-order chi connectivity index (χ1) is 12.0. The van der Waals surface area contributed by atoms with Crippen LogP contribution in [0.4, 0.5) is 11.4 Å². The van der Waals surface area contributed by atoms with Crippen molar-refractivity contribution in [2.45, 2.75) is 24.2 Å². The fourth-order valence-electron chi connectivity index (χ4n) is 2.93. The molecule has 1 aliphatic rings. The van der Waals surface area contributed by atoms with E-state index < -0.39 is 9.84 Å². The number of hydrogen-bond acceptors (Lipinski definition) is 4. The normalized spacial score (nSPS) is 14.5. The minimum absolute atomic E-state index is 0.0644. The van der Waals surface area contributed by atoms with E-state index in [4.69, 9.17) is 0 Å². The molecular formula is C19H22N2O3S. The van der Waals surface area contributed by atoms with Gasteiger partial charge in [0.1, 0.15) is 0 Å². The van der Waals surface area contributed by atoms with Crippen molar-refractivity contribution in [3.8, 4) is 0 Å². The van der Waals surface area contributed by atoms with E-state index in [0.717, 1.165) is 18.8 Å². The number of benzene rings is 2. The van der Waals surface area contributed by atoms with E-state index in [0.29, 0.717) is 5.69 Å². The Bertz CT molecular complexity index is 812. The third-order valence-corrected chi connectivity index (χ3v) is 6.05. The first-order valence-corrected chi connectivity index (χ1v) is 10.1. The van der Waals surface area contributed by atoms with Crippen LogP contribution in [-0.2, 0) is 14.6 Å². The summed E-state index contributed by atoms with van der Waals surface area (Å²) < 4.78 is 24.4. The molecule has 0 aromatic heterocycles. The molecular weight excluding hydrogens is 336 g/mol. The van der Waals surface area contributed by atoms with Gasteiger partial charge in [0, 0.05) is 30.9 Å². The largest absolute Gasteiger partial charge is 0.372 e. The maximum atomic E-state index is 12.2. The van der Waals surface area contributed by atoms with Gasteiger partial charge in [-0.2, -0.15) is 0 Å². The SMILES string of the molecule is O=C(CCS(=O)(=O)c1ccccc1)Nc1ccc(N2CCCC2)cc1. The average molecular weight is 358 g/mol. The van der Waals surface area contributed by atoms with Crippen LogP contribution < -0.4 is 10.2 Å². The highest BCUT2D eigenvalue weighted by Crippen LogP contribution is 2.22. The molecule has 0 aliphatic carbocycles. The summed E-state index contributed by atoms with van der Waals surface area (Å²) in [4.78, 5) is 14.6. The van der Waals surface area contributed by atoms with Crippen LogP contribution in [0.5, 0.6) is 0 Å². The number of sulfone groups is 1. The minimum Gasteiger partial charge on any atom is -0.372 e. The molecule has 0 atom stereocenters. The molecule has 5 nitrogen and oxygen atoms in total. The number of anilines is 2. The summed E-state index contributed by atoms with van der Waals surface area (Å²) in [5, 5.41) is 2.76. The van der Waals surface area contributed by atoms with Crippen molar-refractivity contribution >= 4 is 27.1 Å². The first kappa shape index (κ1) is 17.5. The Kier molecular flexibility index (Phi) is 5.38. The third kappa shape index (κ3) is 4.60. The Balaban J connectivity index is 1.54. The van der Waals surface area contributed by atoms with E-state index in [1.807, 2.05) is 24.3 Å². The molecule has 0 spiro atoms. The highest BCUT2D eigenvalue weighted by Gasteiger charge is 2.16. The van der Waals surface area contributed by atoms with E-state index in [2.05, 4.69) is 10.2 Å². The molecule has 3 rings (SSSR count). The van der Waals surface area contributed by atoms with Crippen molar-refractivity contribution in [3.63, 3.8) is 0 Å². The van der Waals surface area contributed by atoms with Crippen LogP contribution in [0.15, 0.2) is 59.5 Å². The fourth-order valence-corrected chi connectivity index (χ4v) is 4.19. The van der Waals surface area contributed by atoms with E-state index in [-0.39, 0.29) is 23.0 Å². The zero-order valence-electron chi connectivity index (χ0n) is 14.0. The number of nitrogens with one attached hydrogen (secondary N) is 1. The smallest absolute Gasteiger partial charge is 0.225 e. The highest BCUT2D eigenvalue weighted by molar-refractivity contribution is 7.91. The van der Waals surface area contributed by atoms with Gasteiger partial charge in [-0.1, -0.05) is 18.2 Å². The Morgan fingerprint density at radius 2 is 1.60 bits per heavy atom. The molecule has 1 saturated heterocycles. The molecule has 2 aromatic rings. The third-order valence-electron chi connectivity index (χ3n) is 4.32. The second-order valence-electron chi connectivity index (χ2n) is 6.17. The van der Waals surface area contributed by atoms with Gasteiger partial charge in [-0.05, 0) is 49.2 Å². The van der Waals surface area contributed by atoms with Crippen LogP contribution >= 0.6 is 0 Å². The zero-order valence-corrected chi connectivity index (χ0v) is 14.8. The molecule has 1 N–H and O–H groups in total. The van der Waals surface area contributed by atoms with Crippen LogP contribution in [0.25, 0.3) is 0 Å². The van der Waals surface area contributed by atoms with Gasteiger partial charge in [0.15, 0.2) is 9.84 Å². The lowest BCUT2D eigenvalue weighted by Gasteiger charge is -2.17. The molecule has 0 unspecified atom stereocenters. The van der Waals surface area contributed by atoms with Crippen molar-refractivity contribution in [1.82, 2.24) is 0 Å². The molecule has 1 amide bonds. The van der Waals surface area contributed by atoms with Gasteiger partial charge < -0.3 is 10.2 Å². The predicted octanol–water partition coefficient (Wildman–Crippen LogP) is 3.09. The maximum absolute atomic E-state index is 12.2. The van der Waals surface area contributed by atoms with Gasteiger partial charge in [0.25, 0.3) is 0 Å². The monoisotopic (exact) mass is 358 g/mol. The number of nitrogens with zero attached hydrogens (tertiary/aromatic N) is 1. The number of rotatable bonds is 6. The van der Waals surface area contributed by atoms with Crippen molar-refractivity contribution in [2.75, 3.05) is 29.1 Å². The quantitative estimate of drug-likeness (QED) is 0.862.